The molecule has 0 amide bonds. The van der Waals surface area contributed by atoms with Crippen LogP contribution < -0.4 is 0 Å². The predicted molar refractivity (Wildman–Crippen MR) is 48.4 cm³/mol. The summed E-state index contributed by atoms with van der Waals surface area (Å²) in [5, 5.41) is 15.6. The molecule has 0 saturated heterocycles. The molecule has 0 atom stereocenters. The topological polar surface area (TPSA) is 74.6 Å². The van der Waals surface area contributed by atoms with Crippen molar-refractivity contribution in [3.05, 3.63) is 12.2 Å². The number of carboxylic acids is 2. The summed E-state index contributed by atoms with van der Waals surface area (Å²) in [4.78, 5) is 19.1. The van der Waals surface area contributed by atoms with Gasteiger partial charge in [-0.1, -0.05) is 0 Å². The normalized spacial score (nSPS) is 10.5. The third-order valence-electron chi connectivity index (χ3n) is 0.368. The van der Waals surface area contributed by atoms with E-state index in [9.17, 15) is 9.59 Å². The highest BCUT2D eigenvalue weighted by Crippen LogP contribution is 1.73. The molecule has 0 aromatic heterocycles. The quantitative estimate of drug-likeness (QED) is 0.476. The Hall–Kier alpha value is -1.36. The van der Waals surface area contributed by atoms with Crippen LogP contribution in [0.1, 0.15) is 0 Å². The summed E-state index contributed by atoms with van der Waals surface area (Å²) >= 11 is 0. The molecule has 0 unspecified atom stereocenters. The van der Waals surface area contributed by atoms with Gasteiger partial charge < -0.3 is 14.7 Å². The maximum atomic E-state index is 9.55. The summed E-state index contributed by atoms with van der Waals surface area (Å²) in [5.74, 6) is -2.51. The highest BCUT2D eigenvalue weighted by molar-refractivity contribution is 5.89. The average Bonchev–Trinajstić information content (AvgIpc) is 1.79. The van der Waals surface area contributed by atoms with Crippen molar-refractivity contribution in [1.29, 1.82) is 0 Å². The lowest BCUT2D eigenvalue weighted by Crippen LogP contribution is -2.27. The van der Waals surface area contributed by atoms with E-state index >= 15 is 0 Å². The molecule has 2 N–H and O–H groups in total. The Morgan fingerprint density at radius 1 is 0.923 bits per heavy atom. The van der Waals surface area contributed by atoms with E-state index in [0.717, 1.165) is 4.48 Å². The van der Waals surface area contributed by atoms with Gasteiger partial charge in [0.25, 0.3) is 0 Å². The Morgan fingerprint density at radius 2 is 1.08 bits per heavy atom. The van der Waals surface area contributed by atoms with Crippen LogP contribution >= 0.6 is 0 Å². The van der Waals surface area contributed by atoms with Crippen molar-refractivity contribution in [2.24, 2.45) is 0 Å². The lowest BCUT2D eigenvalue weighted by Gasteiger charge is -2.14. The zero-order valence-corrected chi connectivity index (χ0v) is 8.31. The molecule has 0 radical (unpaired) electrons. The van der Waals surface area contributed by atoms with E-state index in [1.165, 1.54) is 0 Å². The summed E-state index contributed by atoms with van der Waals surface area (Å²) in [5.41, 5.74) is 0. The van der Waals surface area contributed by atoms with E-state index in [0.29, 0.717) is 12.2 Å². The van der Waals surface area contributed by atoms with Crippen LogP contribution in [-0.2, 0) is 9.59 Å². The first-order valence-electron chi connectivity index (χ1n) is 3.55. The molecule has 5 nitrogen and oxygen atoms in total. The van der Waals surface area contributed by atoms with Gasteiger partial charge in [0.15, 0.2) is 0 Å². The van der Waals surface area contributed by atoms with Gasteiger partial charge in [0.1, 0.15) is 0 Å². The number of hydrogen-bond donors (Lipinski definition) is 2. The third-order valence-corrected chi connectivity index (χ3v) is 0.368. The number of aliphatic carboxylic acids is 2. The summed E-state index contributed by atoms with van der Waals surface area (Å²) in [7, 11) is 8.50. The third kappa shape index (κ3) is 59.9. The Labute approximate surface area is 77.5 Å². The van der Waals surface area contributed by atoms with Gasteiger partial charge in [-0.2, -0.15) is 0 Å². The highest BCUT2D eigenvalue weighted by atomic mass is 16.4. The molecule has 76 valence electrons. The molecular weight excluding hydrogens is 174 g/mol. The number of carboxylic acid groups (broad SMARTS) is 2. The summed E-state index contributed by atoms with van der Waals surface area (Å²) in [6, 6.07) is 0. The van der Waals surface area contributed by atoms with E-state index in [2.05, 4.69) is 28.2 Å². The molecule has 0 aliphatic carbocycles. The van der Waals surface area contributed by atoms with Crippen LogP contribution in [0.3, 0.4) is 0 Å². The second-order valence-corrected chi connectivity index (χ2v) is 3.69. The largest absolute Gasteiger partial charge is 0.478 e. The first kappa shape index (κ1) is 14.2. The van der Waals surface area contributed by atoms with E-state index in [1.54, 1.807) is 0 Å². The number of rotatable bonds is 2. The van der Waals surface area contributed by atoms with Gasteiger partial charge in [-0.3, -0.25) is 0 Å². The van der Waals surface area contributed by atoms with Crippen LogP contribution in [0.25, 0.3) is 0 Å². The smallest absolute Gasteiger partial charge is 0.328 e. The van der Waals surface area contributed by atoms with Gasteiger partial charge >= 0.3 is 11.9 Å². The van der Waals surface area contributed by atoms with Gasteiger partial charge in [-0.15, -0.1) is 0 Å². The van der Waals surface area contributed by atoms with Gasteiger partial charge in [0.2, 0.25) is 0 Å². The fourth-order valence-corrected chi connectivity index (χ4v) is 0.143. The molecule has 13 heavy (non-hydrogen) atoms. The molecule has 0 fully saturated rings. The zero-order valence-electron chi connectivity index (χ0n) is 8.31. The molecule has 5 heteroatoms. The van der Waals surface area contributed by atoms with Crippen molar-refractivity contribution in [3.63, 3.8) is 0 Å². The Morgan fingerprint density at radius 3 is 1.15 bits per heavy atom. The van der Waals surface area contributed by atoms with Crippen LogP contribution in [-0.4, -0.2) is 54.8 Å². The first-order valence-corrected chi connectivity index (χ1v) is 3.55. The van der Waals surface area contributed by atoms with Crippen LogP contribution in [0.4, 0.5) is 0 Å². The number of nitrogens with zero attached hydrogens (tertiary/aromatic N) is 1. The molecule has 0 spiro atoms. The Balaban J connectivity index is 0. The number of quaternary nitrogens is 1. The number of hydrogen-bond acceptors (Lipinski definition) is 2. The lowest BCUT2D eigenvalue weighted by atomic mass is 10.5. The Bertz CT molecular complexity index is 181. The van der Waals surface area contributed by atoms with Crippen molar-refractivity contribution in [1.82, 2.24) is 0 Å². The molecule has 0 heterocycles. The maximum absolute atomic E-state index is 9.55. The second-order valence-electron chi connectivity index (χ2n) is 3.69. The van der Waals surface area contributed by atoms with Gasteiger partial charge in [-0.25, -0.2) is 9.59 Å². The van der Waals surface area contributed by atoms with Gasteiger partial charge in [0, 0.05) is 12.2 Å². The van der Waals surface area contributed by atoms with Crippen LogP contribution in [0.15, 0.2) is 12.2 Å². The van der Waals surface area contributed by atoms with Crippen molar-refractivity contribution < 1.29 is 24.3 Å². The number of carbonyl (C=O) groups is 2. The minimum atomic E-state index is -1.26. The molecule has 0 aromatic carbocycles. The van der Waals surface area contributed by atoms with E-state index in [4.69, 9.17) is 10.2 Å². The van der Waals surface area contributed by atoms with Crippen LogP contribution in [0.2, 0.25) is 0 Å². The monoisotopic (exact) mass is 190 g/mol. The van der Waals surface area contributed by atoms with Crippen molar-refractivity contribution in [2.45, 2.75) is 0 Å². The Kier molecular flexibility index (Phi) is 6.75. The van der Waals surface area contributed by atoms with Crippen LogP contribution in [0, 0.1) is 0 Å². The van der Waals surface area contributed by atoms with Crippen molar-refractivity contribution in [2.75, 3.05) is 28.2 Å². The van der Waals surface area contributed by atoms with Crippen molar-refractivity contribution >= 4 is 11.9 Å². The van der Waals surface area contributed by atoms with E-state index < -0.39 is 11.9 Å². The molecule has 0 aromatic rings. The molecule has 0 bridgehead atoms. The minimum Gasteiger partial charge on any atom is -0.478 e. The van der Waals surface area contributed by atoms with E-state index in [-0.39, 0.29) is 0 Å². The average molecular weight is 190 g/mol. The molecule has 0 rings (SSSR count). The summed E-state index contributed by atoms with van der Waals surface area (Å²) < 4.78 is 1.00. The van der Waals surface area contributed by atoms with Crippen LogP contribution in [0.5, 0.6) is 0 Å². The fraction of sp³-hybridized carbons (Fsp3) is 0.500. The minimum absolute atomic E-state index is 0.558. The summed E-state index contributed by atoms with van der Waals surface area (Å²) in [6.07, 6.45) is 1.12. The van der Waals surface area contributed by atoms with E-state index in [1.807, 2.05) is 0 Å². The van der Waals surface area contributed by atoms with Crippen molar-refractivity contribution in [3.8, 4) is 0 Å². The zero-order chi connectivity index (χ0) is 11.1. The fourth-order valence-electron chi connectivity index (χ4n) is 0.143. The second kappa shape index (κ2) is 6.19. The van der Waals surface area contributed by atoms with Gasteiger partial charge in [-0.05, 0) is 0 Å². The first-order chi connectivity index (χ1) is 5.63. The summed E-state index contributed by atoms with van der Waals surface area (Å²) in [6.45, 7) is 0. The molecule has 0 aliphatic heterocycles. The molecule has 0 aliphatic rings. The molecular formula is C8H16NO4+. The lowest BCUT2D eigenvalue weighted by molar-refractivity contribution is -0.849. The molecule has 0 saturated carbocycles. The van der Waals surface area contributed by atoms with Gasteiger partial charge in [0.05, 0.1) is 28.2 Å². The maximum Gasteiger partial charge on any atom is 0.328 e. The predicted octanol–water partition coefficient (Wildman–Crippen LogP) is 0.0342. The SMILES string of the molecule is C[N+](C)(C)C.O=C(O)/C=C/C(=O)O. The highest BCUT2D eigenvalue weighted by Gasteiger charge is 1.88. The standard InChI is InChI=1S/C4H12N.C4H4O4/c1-5(2,3)4;5-3(6)1-2-4(7)8/h1-4H3;1-2H,(H,5,6)(H,7,8)/q+1;/b;2-1+.